The van der Waals surface area contributed by atoms with Gasteiger partial charge in [-0.15, -0.1) is 0 Å². The SMILES string of the molecule is Cc1cc(-c2cc(-c3cc(S(=O)(=O)NC4CC(O)C4)ccc3C)cnc2N)on1. The van der Waals surface area contributed by atoms with Crippen LogP contribution in [0.15, 0.2) is 45.9 Å². The summed E-state index contributed by atoms with van der Waals surface area (Å²) in [5.74, 6) is 0.803. The van der Waals surface area contributed by atoms with Crippen LogP contribution >= 0.6 is 0 Å². The molecule has 0 saturated heterocycles. The third-order valence-corrected chi connectivity index (χ3v) is 6.60. The molecule has 0 spiro atoms. The molecule has 1 fully saturated rings. The van der Waals surface area contributed by atoms with Crippen molar-refractivity contribution >= 4 is 15.8 Å². The zero-order valence-electron chi connectivity index (χ0n) is 16.1. The average molecular weight is 414 g/mol. The number of nitrogens with zero attached hydrogens (tertiary/aromatic N) is 2. The van der Waals surface area contributed by atoms with Gasteiger partial charge in [-0.1, -0.05) is 11.2 Å². The summed E-state index contributed by atoms with van der Waals surface area (Å²) in [4.78, 5) is 4.41. The van der Waals surface area contributed by atoms with Crippen molar-refractivity contribution in [3.8, 4) is 22.5 Å². The van der Waals surface area contributed by atoms with Crippen LogP contribution in [0, 0.1) is 13.8 Å². The first-order valence-electron chi connectivity index (χ1n) is 9.23. The summed E-state index contributed by atoms with van der Waals surface area (Å²) in [6, 6.07) is 8.29. The molecule has 1 aliphatic rings. The Morgan fingerprint density at radius 1 is 1.17 bits per heavy atom. The normalized spacial score (nSPS) is 19.1. The van der Waals surface area contributed by atoms with Crippen LogP contribution in [-0.4, -0.2) is 35.8 Å². The van der Waals surface area contributed by atoms with Crippen molar-refractivity contribution in [3.05, 3.63) is 47.8 Å². The van der Waals surface area contributed by atoms with E-state index < -0.39 is 16.1 Å². The van der Waals surface area contributed by atoms with Gasteiger partial charge in [0.25, 0.3) is 0 Å². The first-order chi connectivity index (χ1) is 13.7. The van der Waals surface area contributed by atoms with Gasteiger partial charge in [-0.3, -0.25) is 0 Å². The van der Waals surface area contributed by atoms with E-state index in [0.29, 0.717) is 30.0 Å². The summed E-state index contributed by atoms with van der Waals surface area (Å²) in [7, 11) is -3.69. The predicted octanol–water partition coefficient (Wildman–Crippen LogP) is 2.40. The highest BCUT2D eigenvalue weighted by atomic mass is 32.2. The molecule has 3 aromatic rings. The molecule has 2 aromatic heterocycles. The van der Waals surface area contributed by atoms with Crippen LogP contribution in [-0.2, 0) is 10.0 Å². The lowest BCUT2D eigenvalue weighted by Gasteiger charge is -2.31. The summed E-state index contributed by atoms with van der Waals surface area (Å²) < 4.78 is 33.4. The van der Waals surface area contributed by atoms with Crippen molar-refractivity contribution in [1.82, 2.24) is 14.9 Å². The lowest BCUT2D eigenvalue weighted by Crippen LogP contribution is -2.46. The summed E-state index contributed by atoms with van der Waals surface area (Å²) in [6.07, 6.45) is 2.03. The summed E-state index contributed by atoms with van der Waals surface area (Å²) in [5, 5.41) is 13.3. The highest BCUT2D eigenvalue weighted by Gasteiger charge is 2.31. The molecule has 0 atom stereocenters. The van der Waals surface area contributed by atoms with Crippen LogP contribution in [0.3, 0.4) is 0 Å². The van der Waals surface area contributed by atoms with Gasteiger partial charge in [0.15, 0.2) is 5.76 Å². The number of hydrogen-bond donors (Lipinski definition) is 3. The highest BCUT2D eigenvalue weighted by Crippen LogP contribution is 2.33. The molecule has 9 heteroatoms. The van der Waals surface area contributed by atoms with Crippen LogP contribution in [0.4, 0.5) is 5.82 Å². The second-order valence-corrected chi connectivity index (χ2v) is 9.12. The number of nitrogens with two attached hydrogens (primary N) is 1. The van der Waals surface area contributed by atoms with Gasteiger partial charge in [-0.2, -0.15) is 0 Å². The van der Waals surface area contributed by atoms with Crippen LogP contribution < -0.4 is 10.5 Å². The second-order valence-electron chi connectivity index (χ2n) is 7.41. The molecule has 0 radical (unpaired) electrons. The van der Waals surface area contributed by atoms with Gasteiger partial charge in [-0.25, -0.2) is 18.1 Å². The molecule has 8 nitrogen and oxygen atoms in total. The van der Waals surface area contributed by atoms with Gasteiger partial charge >= 0.3 is 0 Å². The van der Waals surface area contributed by atoms with Crippen LogP contribution in [0.25, 0.3) is 22.5 Å². The molecular weight excluding hydrogens is 392 g/mol. The Bertz CT molecular complexity index is 1170. The zero-order chi connectivity index (χ0) is 20.8. The van der Waals surface area contributed by atoms with Crippen molar-refractivity contribution in [3.63, 3.8) is 0 Å². The van der Waals surface area contributed by atoms with E-state index in [9.17, 15) is 13.5 Å². The molecule has 2 heterocycles. The number of hydrogen-bond acceptors (Lipinski definition) is 7. The van der Waals surface area contributed by atoms with Crippen LogP contribution in [0.5, 0.6) is 0 Å². The molecule has 4 rings (SSSR count). The van der Waals surface area contributed by atoms with Crippen molar-refractivity contribution in [1.29, 1.82) is 0 Å². The number of aliphatic hydroxyl groups excluding tert-OH is 1. The third kappa shape index (κ3) is 3.89. The predicted molar refractivity (Wildman–Crippen MR) is 108 cm³/mol. The molecule has 152 valence electrons. The maximum atomic E-state index is 12.7. The first-order valence-corrected chi connectivity index (χ1v) is 10.7. The van der Waals surface area contributed by atoms with Gasteiger partial charge < -0.3 is 15.4 Å². The minimum atomic E-state index is -3.69. The Labute approximate surface area is 168 Å². The lowest BCUT2D eigenvalue weighted by molar-refractivity contribution is 0.0712. The van der Waals surface area contributed by atoms with Gasteiger partial charge in [-0.05, 0) is 56.0 Å². The third-order valence-electron chi connectivity index (χ3n) is 5.08. The molecule has 1 saturated carbocycles. The van der Waals surface area contributed by atoms with E-state index in [0.717, 1.165) is 22.4 Å². The van der Waals surface area contributed by atoms with Gasteiger partial charge in [0.1, 0.15) is 5.82 Å². The Morgan fingerprint density at radius 3 is 2.59 bits per heavy atom. The standard InChI is InChI=1S/C20H22N4O4S/c1-11-3-4-16(29(26,27)24-14-7-15(25)8-14)9-17(11)13-6-18(20(21)22-10-13)19-5-12(2)23-28-19/h3-6,9-10,14-15,24-25H,7-8H2,1-2H3,(H2,21,22). The fourth-order valence-electron chi connectivity index (χ4n) is 3.36. The number of pyridine rings is 1. The summed E-state index contributed by atoms with van der Waals surface area (Å²) >= 11 is 0. The van der Waals surface area contributed by atoms with E-state index in [2.05, 4.69) is 14.9 Å². The van der Waals surface area contributed by atoms with Gasteiger partial charge in [0.2, 0.25) is 10.0 Å². The molecule has 0 unspecified atom stereocenters. The average Bonchev–Trinajstić information content (AvgIpc) is 3.07. The Kier molecular flexibility index (Phi) is 4.89. The molecule has 1 aliphatic carbocycles. The van der Waals surface area contributed by atoms with E-state index in [4.69, 9.17) is 10.3 Å². The van der Waals surface area contributed by atoms with Crippen molar-refractivity contribution < 1.29 is 18.0 Å². The molecule has 0 bridgehead atoms. The zero-order valence-corrected chi connectivity index (χ0v) is 16.9. The second kappa shape index (κ2) is 7.25. The van der Waals surface area contributed by atoms with Crippen molar-refractivity contribution in [2.75, 3.05) is 5.73 Å². The fourth-order valence-corrected chi connectivity index (χ4v) is 4.65. The van der Waals surface area contributed by atoms with E-state index >= 15 is 0 Å². The number of nitrogen functional groups attached to an aromatic ring is 1. The number of benzene rings is 1. The molecule has 0 amide bonds. The van der Waals surface area contributed by atoms with Crippen LogP contribution in [0.1, 0.15) is 24.1 Å². The largest absolute Gasteiger partial charge is 0.393 e. The van der Waals surface area contributed by atoms with Gasteiger partial charge in [0.05, 0.1) is 22.3 Å². The molecule has 29 heavy (non-hydrogen) atoms. The minimum absolute atomic E-state index is 0.161. The Morgan fingerprint density at radius 2 is 1.93 bits per heavy atom. The number of sulfonamides is 1. The molecular formula is C20H22N4O4S. The Hall–Kier alpha value is -2.75. The monoisotopic (exact) mass is 414 g/mol. The first kappa shape index (κ1) is 19.6. The summed E-state index contributed by atoms with van der Waals surface area (Å²) in [5.41, 5.74) is 9.67. The van der Waals surface area contributed by atoms with E-state index in [1.54, 1.807) is 30.5 Å². The maximum absolute atomic E-state index is 12.7. The smallest absolute Gasteiger partial charge is 0.240 e. The number of aliphatic hydroxyl groups is 1. The van der Waals surface area contributed by atoms with Gasteiger partial charge in [0, 0.05) is 23.9 Å². The summed E-state index contributed by atoms with van der Waals surface area (Å²) in [6.45, 7) is 3.71. The lowest BCUT2D eigenvalue weighted by atomic mass is 9.91. The van der Waals surface area contributed by atoms with Crippen LogP contribution in [0.2, 0.25) is 0 Å². The Balaban J connectivity index is 1.71. The number of anilines is 1. The highest BCUT2D eigenvalue weighted by molar-refractivity contribution is 7.89. The topological polar surface area (TPSA) is 131 Å². The van der Waals surface area contributed by atoms with E-state index in [-0.39, 0.29) is 10.9 Å². The maximum Gasteiger partial charge on any atom is 0.240 e. The van der Waals surface area contributed by atoms with Crippen molar-refractivity contribution in [2.24, 2.45) is 0 Å². The number of nitrogens with one attached hydrogen (secondary N) is 1. The van der Waals surface area contributed by atoms with E-state index in [1.165, 1.54) is 0 Å². The number of rotatable bonds is 5. The fraction of sp³-hybridized carbons (Fsp3) is 0.300. The number of aryl methyl sites for hydroxylation is 2. The number of aromatic nitrogens is 2. The molecule has 4 N–H and O–H groups in total. The minimum Gasteiger partial charge on any atom is -0.393 e. The van der Waals surface area contributed by atoms with Crippen molar-refractivity contribution in [2.45, 2.75) is 43.7 Å². The molecule has 0 aliphatic heterocycles. The van der Waals surface area contributed by atoms with E-state index in [1.807, 2.05) is 19.9 Å². The molecule has 1 aromatic carbocycles. The quantitative estimate of drug-likeness (QED) is 0.584.